The number of halogens is 1. The number of benzene rings is 1. The van der Waals surface area contributed by atoms with E-state index in [-0.39, 0.29) is 29.6 Å². The van der Waals surface area contributed by atoms with Crippen molar-refractivity contribution in [1.82, 2.24) is 15.6 Å². The van der Waals surface area contributed by atoms with E-state index in [4.69, 9.17) is 9.47 Å². The Morgan fingerprint density at radius 3 is 2.50 bits per heavy atom. The Bertz CT molecular complexity index is 760. The second-order valence-electron chi connectivity index (χ2n) is 7.04. The predicted octanol–water partition coefficient (Wildman–Crippen LogP) is 4.14. The largest absolute Gasteiger partial charge is 0.488 e. The van der Waals surface area contributed by atoms with E-state index < -0.39 is 0 Å². The van der Waals surface area contributed by atoms with Crippen LogP contribution in [0, 0.1) is 0 Å². The summed E-state index contributed by atoms with van der Waals surface area (Å²) >= 11 is 0. The minimum atomic E-state index is -0.240. The van der Waals surface area contributed by atoms with Crippen molar-refractivity contribution in [3.63, 3.8) is 0 Å². The van der Waals surface area contributed by atoms with Crippen molar-refractivity contribution in [1.29, 1.82) is 0 Å². The zero-order chi connectivity index (χ0) is 19.7. The molecule has 2 N–H and O–H groups in total. The number of rotatable bonds is 7. The van der Waals surface area contributed by atoms with Crippen LogP contribution in [0.15, 0.2) is 47.6 Å². The lowest BCUT2D eigenvalue weighted by molar-refractivity contribution is 0.129. The Kier molecular flexibility index (Phi) is 10.1. The van der Waals surface area contributed by atoms with E-state index in [1.165, 1.54) is 0 Å². The summed E-state index contributed by atoms with van der Waals surface area (Å²) in [4.78, 5) is 8.47. The third kappa shape index (κ3) is 8.33. The summed E-state index contributed by atoms with van der Waals surface area (Å²) < 4.78 is 11.5. The van der Waals surface area contributed by atoms with E-state index in [1.807, 2.05) is 58.0 Å². The molecule has 0 amide bonds. The van der Waals surface area contributed by atoms with Crippen LogP contribution in [0.5, 0.6) is 11.6 Å². The highest BCUT2D eigenvalue weighted by atomic mass is 127. The molecule has 0 saturated heterocycles. The number of aliphatic imine (C=N–C) groups is 1. The van der Waals surface area contributed by atoms with Gasteiger partial charge in [0.05, 0.1) is 6.61 Å². The van der Waals surface area contributed by atoms with Gasteiger partial charge in [0, 0.05) is 38.0 Å². The summed E-state index contributed by atoms with van der Waals surface area (Å²) in [6.45, 7) is 9.92. The number of aromatic nitrogens is 1. The normalized spacial score (nSPS) is 11.4. The summed E-state index contributed by atoms with van der Waals surface area (Å²) in [6, 6.07) is 11.9. The molecule has 0 atom stereocenters. The van der Waals surface area contributed by atoms with Crippen LogP contribution < -0.4 is 20.1 Å². The SMILES string of the molecule is CCOc1cc(CNC(=NC)NCc2ccccc2OC(C)(C)C)ccn1.I. The molecule has 1 heterocycles. The van der Waals surface area contributed by atoms with Crippen molar-refractivity contribution >= 4 is 29.9 Å². The summed E-state index contributed by atoms with van der Waals surface area (Å²) in [5.74, 6) is 2.23. The lowest BCUT2D eigenvalue weighted by atomic mass is 10.1. The quantitative estimate of drug-likeness (QED) is 0.341. The molecule has 0 aliphatic heterocycles. The number of nitrogens with zero attached hydrogens (tertiary/aromatic N) is 2. The first-order valence-corrected chi connectivity index (χ1v) is 9.20. The van der Waals surface area contributed by atoms with Gasteiger partial charge in [0.15, 0.2) is 5.96 Å². The summed E-state index contributed by atoms with van der Waals surface area (Å²) in [5.41, 5.74) is 1.92. The molecule has 0 spiro atoms. The molecular weight excluding hydrogens is 467 g/mol. The summed E-state index contributed by atoms with van der Waals surface area (Å²) in [6.07, 6.45) is 1.75. The lowest BCUT2D eigenvalue weighted by Crippen LogP contribution is -2.36. The molecule has 0 aliphatic rings. The molecule has 0 aliphatic carbocycles. The van der Waals surface area contributed by atoms with Gasteiger partial charge < -0.3 is 20.1 Å². The molecule has 2 rings (SSSR count). The fraction of sp³-hybridized carbons (Fsp3) is 0.429. The monoisotopic (exact) mass is 498 g/mol. The van der Waals surface area contributed by atoms with Crippen molar-refractivity contribution < 1.29 is 9.47 Å². The van der Waals surface area contributed by atoms with Crippen molar-refractivity contribution in [3.05, 3.63) is 53.7 Å². The van der Waals surface area contributed by atoms with Crippen LogP contribution >= 0.6 is 24.0 Å². The minimum Gasteiger partial charge on any atom is -0.488 e. The zero-order valence-corrected chi connectivity index (χ0v) is 19.6. The number of guanidine groups is 1. The Morgan fingerprint density at radius 2 is 1.82 bits per heavy atom. The van der Waals surface area contributed by atoms with Crippen LogP contribution in [-0.2, 0) is 13.1 Å². The second kappa shape index (κ2) is 11.7. The lowest BCUT2D eigenvalue weighted by Gasteiger charge is -2.23. The molecule has 0 fully saturated rings. The molecule has 7 heteroatoms. The first-order valence-electron chi connectivity index (χ1n) is 9.20. The van der Waals surface area contributed by atoms with Crippen molar-refractivity contribution in [2.75, 3.05) is 13.7 Å². The molecular formula is C21H31IN4O2. The second-order valence-corrected chi connectivity index (χ2v) is 7.04. The van der Waals surface area contributed by atoms with Crippen LogP contribution in [0.2, 0.25) is 0 Å². The van der Waals surface area contributed by atoms with Crippen LogP contribution in [0.4, 0.5) is 0 Å². The summed E-state index contributed by atoms with van der Waals surface area (Å²) in [5, 5.41) is 6.64. The average Bonchev–Trinajstić information content (AvgIpc) is 2.62. The highest BCUT2D eigenvalue weighted by molar-refractivity contribution is 14.0. The van der Waals surface area contributed by atoms with Gasteiger partial charge in [0.25, 0.3) is 0 Å². The Morgan fingerprint density at radius 1 is 1.11 bits per heavy atom. The molecule has 154 valence electrons. The predicted molar refractivity (Wildman–Crippen MR) is 125 cm³/mol. The third-order valence-electron chi connectivity index (χ3n) is 3.61. The third-order valence-corrected chi connectivity index (χ3v) is 3.61. The Hall–Kier alpha value is -2.03. The van der Waals surface area contributed by atoms with Crippen molar-refractivity contribution in [3.8, 4) is 11.6 Å². The first-order chi connectivity index (χ1) is 12.9. The smallest absolute Gasteiger partial charge is 0.213 e. The number of nitrogens with one attached hydrogen (secondary N) is 2. The summed E-state index contributed by atoms with van der Waals surface area (Å²) in [7, 11) is 1.76. The van der Waals surface area contributed by atoms with Gasteiger partial charge in [-0.15, -0.1) is 24.0 Å². The van der Waals surface area contributed by atoms with E-state index in [2.05, 4.69) is 26.7 Å². The maximum Gasteiger partial charge on any atom is 0.213 e. The number of pyridine rings is 1. The highest BCUT2D eigenvalue weighted by Gasteiger charge is 2.14. The number of ether oxygens (including phenoxy) is 2. The average molecular weight is 498 g/mol. The van der Waals surface area contributed by atoms with E-state index in [9.17, 15) is 0 Å². The fourth-order valence-electron chi connectivity index (χ4n) is 2.45. The molecule has 28 heavy (non-hydrogen) atoms. The molecule has 0 saturated carbocycles. The van der Waals surface area contributed by atoms with Gasteiger partial charge in [0.2, 0.25) is 5.88 Å². The maximum absolute atomic E-state index is 6.04. The first kappa shape index (κ1) is 24.0. The molecule has 0 radical (unpaired) electrons. The maximum atomic E-state index is 6.04. The van der Waals surface area contributed by atoms with E-state index in [1.54, 1.807) is 13.2 Å². The van der Waals surface area contributed by atoms with Crippen LogP contribution in [-0.4, -0.2) is 30.2 Å². The highest BCUT2D eigenvalue weighted by Crippen LogP contribution is 2.22. The number of hydrogen-bond donors (Lipinski definition) is 2. The topological polar surface area (TPSA) is 67.8 Å². The molecule has 2 aromatic rings. The van der Waals surface area contributed by atoms with Gasteiger partial charge >= 0.3 is 0 Å². The van der Waals surface area contributed by atoms with Gasteiger partial charge in [-0.3, -0.25) is 4.99 Å². The van der Waals surface area contributed by atoms with Gasteiger partial charge in [-0.2, -0.15) is 0 Å². The van der Waals surface area contributed by atoms with Crippen LogP contribution in [0.1, 0.15) is 38.8 Å². The van der Waals surface area contributed by atoms with E-state index in [0.717, 1.165) is 22.8 Å². The standard InChI is InChI=1S/C21H30N4O2.HI/c1-6-26-19-13-16(11-12-23-19)14-24-20(22-5)25-15-17-9-7-8-10-18(17)27-21(2,3)4;/h7-13H,6,14-15H2,1-5H3,(H2,22,24,25);1H. The minimum absolute atomic E-state index is 0. The number of hydrogen-bond acceptors (Lipinski definition) is 4. The molecule has 0 bridgehead atoms. The van der Waals surface area contributed by atoms with Crippen LogP contribution in [0.25, 0.3) is 0 Å². The Labute approximate surface area is 185 Å². The molecule has 0 unspecified atom stereocenters. The fourth-order valence-corrected chi connectivity index (χ4v) is 2.45. The van der Waals surface area contributed by atoms with Crippen molar-refractivity contribution in [2.45, 2.75) is 46.4 Å². The van der Waals surface area contributed by atoms with Gasteiger partial charge in [0.1, 0.15) is 11.4 Å². The molecule has 6 nitrogen and oxygen atoms in total. The number of para-hydroxylation sites is 1. The van der Waals surface area contributed by atoms with Gasteiger partial charge in [-0.1, -0.05) is 18.2 Å². The van der Waals surface area contributed by atoms with Gasteiger partial charge in [-0.25, -0.2) is 4.98 Å². The molecule has 1 aromatic heterocycles. The van der Waals surface area contributed by atoms with Crippen molar-refractivity contribution in [2.24, 2.45) is 4.99 Å². The Balaban J connectivity index is 0.00000392. The van der Waals surface area contributed by atoms with Crippen LogP contribution in [0.3, 0.4) is 0 Å². The van der Waals surface area contributed by atoms with Gasteiger partial charge in [-0.05, 0) is 45.4 Å². The van der Waals surface area contributed by atoms with E-state index >= 15 is 0 Å². The van der Waals surface area contributed by atoms with E-state index in [0.29, 0.717) is 25.6 Å². The zero-order valence-electron chi connectivity index (χ0n) is 17.3. The molecule has 1 aromatic carbocycles.